The molecule has 1 saturated heterocycles. The molecule has 0 bridgehead atoms. The van der Waals surface area contributed by atoms with Gasteiger partial charge >= 0.3 is 12.1 Å². The van der Waals surface area contributed by atoms with Crippen LogP contribution in [0.3, 0.4) is 0 Å². The fourth-order valence-electron chi connectivity index (χ4n) is 2.07. The molecule has 110 valence electrons. The van der Waals surface area contributed by atoms with Gasteiger partial charge in [-0.1, -0.05) is 12.1 Å². The van der Waals surface area contributed by atoms with Gasteiger partial charge < -0.3 is 19.3 Å². The molecule has 0 saturated carbocycles. The smallest absolute Gasteiger partial charge is 0.410 e. The van der Waals surface area contributed by atoms with E-state index in [2.05, 4.69) is 5.16 Å². The number of nitrogens with zero attached hydrogens (tertiary/aromatic N) is 2. The van der Waals surface area contributed by atoms with E-state index in [-0.39, 0.29) is 11.9 Å². The normalized spacial score (nSPS) is 17.5. The van der Waals surface area contributed by atoms with E-state index < -0.39 is 17.0 Å². The van der Waals surface area contributed by atoms with Crippen molar-refractivity contribution in [3.63, 3.8) is 0 Å². The van der Waals surface area contributed by atoms with Crippen LogP contribution < -0.4 is 0 Å². The standard InChI is InChI=1S/C13H18N2O5/c1-12(2,3)19-11(18)15-6-13(4,7-15)9-5-8(10(16)17)20-14-9/h5H,6-7H2,1-4H3,(H,16,17). The number of hydrogen-bond donors (Lipinski definition) is 1. The molecule has 1 amide bonds. The lowest BCUT2D eigenvalue weighted by molar-refractivity contribution is -0.00771. The van der Waals surface area contributed by atoms with Crippen molar-refractivity contribution in [1.82, 2.24) is 10.1 Å². The lowest BCUT2D eigenvalue weighted by atomic mass is 9.79. The van der Waals surface area contributed by atoms with Gasteiger partial charge in [0.15, 0.2) is 0 Å². The lowest BCUT2D eigenvalue weighted by Crippen LogP contribution is -2.60. The first-order valence-electron chi connectivity index (χ1n) is 6.29. The van der Waals surface area contributed by atoms with Gasteiger partial charge in [0, 0.05) is 24.6 Å². The molecular formula is C13H18N2O5. The highest BCUT2D eigenvalue weighted by Gasteiger charge is 2.46. The summed E-state index contributed by atoms with van der Waals surface area (Å²) < 4.78 is 10.0. The second-order valence-corrected chi connectivity index (χ2v) is 6.28. The van der Waals surface area contributed by atoms with Crippen molar-refractivity contribution in [2.24, 2.45) is 0 Å². The van der Waals surface area contributed by atoms with E-state index in [1.54, 1.807) is 25.7 Å². The molecule has 1 aromatic rings. The zero-order valence-electron chi connectivity index (χ0n) is 12.0. The largest absolute Gasteiger partial charge is 0.475 e. The van der Waals surface area contributed by atoms with E-state index in [0.29, 0.717) is 18.8 Å². The fraction of sp³-hybridized carbons (Fsp3) is 0.615. The summed E-state index contributed by atoms with van der Waals surface area (Å²) in [7, 11) is 0. The molecule has 1 aliphatic heterocycles. The number of amides is 1. The monoisotopic (exact) mass is 282 g/mol. The molecule has 0 radical (unpaired) electrons. The number of carboxylic acid groups (broad SMARTS) is 1. The molecule has 0 atom stereocenters. The van der Waals surface area contributed by atoms with Crippen LogP contribution in [0.4, 0.5) is 4.79 Å². The quantitative estimate of drug-likeness (QED) is 0.890. The molecule has 1 aromatic heterocycles. The maximum Gasteiger partial charge on any atom is 0.410 e. The Kier molecular flexibility index (Phi) is 3.23. The van der Waals surface area contributed by atoms with Crippen molar-refractivity contribution < 1.29 is 24.0 Å². The molecule has 1 fully saturated rings. The van der Waals surface area contributed by atoms with Gasteiger partial charge in [0.1, 0.15) is 5.60 Å². The van der Waals surface area contributed by atoms with Crippen LogP contribution in [0.1, 0.15) is 43.9 Å². The number of rotatable bonds is 2. The maximum absolute atomic E-state index is 11.8. The van der Waals surface area contributed by atoms with Gasteiger partial charge in [-0.3, -0.25) is 0 Å². The van der Waals surface area contributed by atoms with E-state index >= 15 is 0 Å². The van der Waals surface area contributed by atoms with Gasteiger partial charge in [-0.05, 0) is 20.8 Å². The Morgan fingerprint density at radius 1 is 1.45 bits per heavy atom. The molecular weight excluding hydrogens is 264 g/mol. The van der Waals surface area contributed by atoms with Crippen LogP contribution in [-0.2, 0) is 10.2 Å². The molecule has 0 aromatic carbocycles. The Morgan fingerprint density at radius 2 is 2.05 bits per heavy atom. The number of ether oxygens (including phenoxy) is 1. The third-order valence-corrected chi connectivity index (χ3v) is 3.07. The predicted molar refractivity (Wildman–Crippen MR) is 68.6 cm³/mol. The Hall–Kier alpha value is -2.05. The van der Waals surface area contributed by atoms with E-state index in [0.717, 1.165) is 0 Å². The van der Waals surface area contributed by atoms with Crippen molar-refractivity contribution in [3.8, 4) is 0 Å². The van der Waals surface area contributed by atoms with Crippen LogP contribution in [0.5, 0.6) is 0 Å². The average molecular weight is 282 g/mol. The van der Waals surface area contributed by atoms with E-state index in [4.69, 9.17) is 14.4 Å². The third kappa shape index (κ3) is 2.76. The SMILES string of the molecule is CC(C)(C)OC(=O)N1CC(C)(c2cc(C(=O)O)on2)C1. The Bertz CT molecular complexity index is 537. The van der Waals surface area contributed by atoms with Crippen molar-refractivity contribution in [2.75, 3.05) is 13.1 Å². The number of hydrogen-bond acceptors (Lipinski definition) is 5. The summed E-state index contributed by atoms with van der Waals surface area (Å²) >= 11 is 0. The van der Waals surface area contributed by atoms with Gasteiger partial charge in [-0.25, -0.2) is 9.59 Å². The summed E-state index contributed by atoms with van der Waals surface area (Å²) in [6.07, 6.45) is -0.378. The first kappa shape index (κ1) is 14.4. The van der Waals surface area contributed by atoms with Crippen molar-refractivity contribution in [1.29, 1.82) is 0 Å². The first-order chi connectivity index (χ1) is 9.11. The second kappa shape index (κ2) is 4.50. The predicted octanol–water partition coefficient (Wildman–Crippen LogP) is 1.88. The van der Waals surface area contributed by atoms with Gasteiger partial charge in [-0.2, -0.15) is 0 Å². The van der Waals surface area contributed by atoms with Gasteiger partial charge in [0.05, 0.1) is 5.69 Å². The highest BCUT2D eigenvalue weighted by atomic mass is 16.6. The maximum atomic E-state index is 11.8. The zero-order valence-corrected chi connectivity index (χ0v) is 12.0. The molecule has 7 nitrogen and oxygen atoms in total. The van der Waals surface area contributed by atoms with Gasteiger partial charge in [0.2, 0.25) is 5.76 Å². The minimum atomic E-state index is -1.16. The number of carbonyl (C=O) groups excluding carboxylic acids is 1. The Balaban J connectivity index is 1.99. The number of aromatic carboxylic acids is 1. The summed E-state index contributed by atoms with van der Waals surface area (Å²) in [4.78, 5) is 24.2. The summed E-state index contributed by atoms with van der Waals surface area (Å²) in [5, 5.41) is 12.6. The van der Waals surface area contributed by atoms with E-state index in [9.17, 15) is 9.59 Å². The van der Waals surface area contributed by atoms with E-state index in [1.807, 2.05) is 6.92 Å². The minimum absolute atomic E-state index is 0.197. The number of carboxylic acids is 1. The molecule has 0 spiro atoms. The molecule has 2 rings (SSSR count). The summed E-state index contributed by atoms with van der Waals surface area (Å²) in [6.45, 7) is 8.17. The van der Waals surface area contributed by atoms with Crippen LogP contribution in [-0.4, -0.2) is 45.9 Å². The third-order valence-electron chi connectivity index (χ3n) is 3.07. The van der Waals surface area contributed by atoms with Crippen LogP contribution in [0, 0.1) is 0 Å². The van der Waals surface area contributed by atoms with Crippen molar-refractivity contribution in [2.45, 2.75) is 38.7 Å². The number of aromatic nitrogens is 1. The second-order valence-electron chi connectivity index (χ2n) is 6.28. The van der Waals surface area contributed by atoms with Crippen LogP contribution in [0.25, 0.3) is 0 Å². The summed E-state index contributed by atoms with van der Waals surface area (Å²) in [6, 6.07) is 1.40. The van der Waals surface area contributed by atoms with Gasteiger partial charge in [-0.15, -0.1) is 0 Å². The lowest BCUT2D eigenvalue weighted by Gasteiger charge is -2.46. The topological polar surface area (TPSA) is 92.9 Å². The Morgan fingerprint density at radius 3 is 2.50 bits per heavy atom. The van der Waals surface area contributed by atoms with Crippen LogP contribution in [0.15, 0.2) is 10.6 Å². The first-order valence-corrected chi connectivity index (χ1v) is 6.29. The summed E-state index contributed by atoms with van der Waals surface area (Å²) in [5.74, 6) is -1.35. The van der Waals surface area contributed by atoms with Gasteiger partial charge in [0.25, 0.3) is 0 Å². The highest BCUT2D eigenvalue weighted by Crippen LogP contribution is 2.34. The summed E-state index contributed by atoms with van der Waals surface area (Å²) in [5.41, 5.74) is -0.392. The fourth-order valence-corrected chi connectivity index (χ4v) is 2.07. The molecule has 7 heteroatoms. The molecule has 1 N–H and O–H groups in total. The van der Waals surface area contributed by atoms with Crippen LogP contribution >= 0.6 is 0 Å². The number of likely N-dealkylation sites (tertiary alicyclic amines) is 1. The van der Waals surface area contributed by atoms with Crippen molar-refractivity contribution in [3.05, 3.63) is 17.5 Å². The molecule has 0 unspecified atom stereocenters. The molecule has 20 heavy (non-hydrogen) atoms. The average Bonchev–Trinajstić information content (AvgIpc) is 2.71. The number of carbonyl (C=O) groups is 2. The van der Waals surface area contributed by atoms with Crippen molar-refractivity contribution >= 4 is 12.1 Å². The Labute approximate surface area is 116 Å². The molecule has 1 aliphatic rings. The van der Waals surface area contributed by atoms with E-state index in [1.165, 1.54) is 6.07 Å². The molecule has 0 aliphatic carbocycles. The highest BCUT2D eigenvalue weighted by molar-refractivity contribution is 5.84. The molecule has 2 heterocycles. The minimum Gasteiger partial charge on any atom is -0.475 e. The van der Waals surface area contributed by atoms with Crippen LogP contribution in [0.2, 0.25) is 0 Å². The zero-order chi connectivity index (χ0) is 15.1.